The van der Waals surface area contributed by atoms with Crippen molar-refractivity contribution in [3.8, 4) is 5.75 Å². The van der Waals surface area contributed by atoms with Crippen LogP contribution in [0.2, 0.25) is 5.02 Å². The number of ether oxygens (including phenoxy) is 1. The predicted molar refractivity (Wildman–Crippen MR) is 71.3 cm³/mol. The molecule has 0 spiro atoms. The van der Waals surface area contributed by atoms with E-state index in [0.717, 1.165) is 0 Å². The van der Waals surface area contributed by atoms with E-state index in [4.69, 9.17) is 17.3 Å². The summed E-state index contributed by atoms with van der Waals surface area (Å²) >= 11 is 5.72. The number of benzene rings is 1. The molecule has 19 heavy (non-hydrogen) atoms. The van der Waals surface area contributed by atoms with Gasteiger partial charge in [0.1, 0.15) is 5.75 Å². The van der Waals surface area contributed by atoms with Gasteiger partial charge in [0.25, 0.3) is 5.91 Å². The second-order valence-electron chi connectivity index (χ2n) is 3.63. The lowest BCUT2D eigenvalue weighted by atomic mass is 10.1. The third kappa shape index (κ3) is 5.59. The molecular formula is C11H14Cl2F2N2O2. The summed E-state index contributed by atoms with van der Waals surface area (Å²) in [7, 11) is 0. The molecule has 1 amide bonds. The minimum atomic E-state index is -3.01. The summed E-state index contributed by atoms with van der Waals surface area (Å²) in [5.74, 6) is -0.790. The standard InChI is InChI=1S/C11H13ClF2N2O2.ClH/c1-6(5-15)16-10(17)8-4-7(12)2-3-9(8)18-11(13)14;/h2-4,6,11H,5,15H2,1H3,(H,16,17);1H/t6-;/m0./s1. The Morgan fingerprint density at radius 3 is 2.68 bits per heavy atom. The fourth-order valence-electron chi connectivity index (χ4n) is 1.24. The molecule has 0 aliphatic rings. The molecule has 0 fully saturated rings. The zero-order valence-corrected chi connectivity index (χ0v) is 11.6. The molecule has 1 atom stereocenters. The topological polar surface area (TPSA) is 64.3 Å². The van der Waals surface area contributed by atoms with Crippen LogP contribution in [0, 0.1) is 0 Å². The minimum absolute atomic E-state index is 0. The number of rotatable bonds is 5. The van der Waals surface area contributed by atoms with Crippen molar-refractivity contribution in [1.82, 2.24) is 5.32 Å². The smallest absolute Gasteiger partial charge is 0.387 e. The Kier molecular flexibility index (Phi) is 7.66. The zero-order valence-electron chi connectivity index (χ0n) is 10.0. The van der Waals surface area contributed by atoms with Crippen molar-refractivity contribution in [2.75, 3.05) is 6.54 Å². The quantitative estimate of drug-likeness (QED) is 0.877. The van der Waals surface area contributed by atoms with Crippen LogP contribution >= 0.6 is 24.0 Å². The van der Waals surface area contributed by atoms with Crippen molar-refractivity contribution in [2.45, 2.75) is 19.6 Å². The van der Waals surface area contributed by atoms with E-state index in [2.05, 4.69) is 10.1 Å². The van der Waals surface area contributed by atoms with Crippen LogP contribution < -0.4 is 15.8 Å². The van der Waals surface area contributed by atoms with E-state index in [-0.39, 0.29) is 41.3 Å². The fraction of sp³-hybridized carbons (Fsp3) is 0.364. The van der Waals surface area contributed by atoms with Crippen LogP contribution in [0.3, 0.4) is 0 Å². The fourth-order valence-corrected chi connectivity index (χ4v) is 1.41. The summed E-state index contributed by atoms with van der Waals surface area (Å²) in [4.78, 5) is 11.8. The molecule has 8 heteroatoms. The minimum Gasteiger partial charge on any atom is -0.434 e. The Morgan fingerprint density at radius 2 is 2.16 bits per heavy atom. The van der Waals surface area contributed by atoms with E-state index in [1.807, 2.05) is 0 Å². The van der Waals surface area contributed by atoms with E-state index in [9.17, 15) is 13.6 Å². The van der Waals surface area contributed by atoms with Gasteiger partial charge in [-0.1, -0.05) is 11.6 Å². The van der Waals surface area contributed by atoms with E-state index in [1.54, 1.807) is 6.92 Å². The van der Waals surface area contributed by atoms with Gasteiger partial charge in [-0.15, -0.1) is 12.4 Å². The Balaban J connectivity index is 0.00000324. The number of hydrogen-bond acceptors (Lipinski definition) is 3. The van der Waals surface area contributed by atoms with E-state index in [1.165, 1.54) is 18.2 Å². The number of carbonyl (C=O) groups excluding carboxylic acids is 1. The van der Waals surface area contributed by atoms with Gasteiger partial charge >= 0.3 is 6.61 Å². The number of alkyl halides is 2. The lowest BCUT2D eigenvalue weighted by Crippen LogP contribution is -2.38. The van der Waals surface area contributed by atoms with Crippen molar-refractivity contribution in [3.05, 3.63) is 28.8 Å². The van der Waals surface area contributed by atoms with Crippen LogP contribution in [0.15, 0.2) is 18.2 Å². The van der Waals surface area contributed by atoms with Crippen molar-refractivity contribution >= 4 is 29.9 Å². The Bertz CT molecular complexity index is 433. The summed E-state index contributed by atoms with van der Waals surface area (Å²) in [6.07, 6.45) is 0. The maximum atomic E-state index is 12.2. The van der Waals surface area contributed by atoms with Gasteiger partial charge < -0.3 is 15.8 Å². The second-order valence-corrected chi connectivity index (χ2v) is 4.07. The first-order valence-electron chi connectivity index (χ1n) is 5.19. The number of carbonyl (C=O) groups is 1. The van der Waals surface area contributed by atoms with Gasteiger partial charge in [0, 0.05) is 17.6 Å². The molecule has 1 aromatic rings. The molecule has 0 radical (unpaired) electrons. The molecule has 0 saturated heterocycles. The zero-order chi connectivity index (χ0) is 13.7. The van der Waals surface area contributed by atoms with Crippen molar-refractivity contribution in [3.63, 3.8) is 0 Å². The number of hydrogen-bond donors (Lipinski definition) is 2. The third-order valence-corrected chi connectivity index (χ3v) is 2.37. The summed E-state index contributed by atoms with van der Waals surface area (Å²) in [5, 5.41) is 2.79. The second kappa shape index (κ2) is 8.14. The van der Waals surface area contributed by atoms with Gasteiger partial charge in [-0.2, -0.15) is 8.78 Å². The van der Waals surface area contributed by atoms with Crippen molar-refractivity contribution in [2.24, 2.45) is 5.73 Å². The lowest BCUT2D eigenvalue weighted by molar-refractivity contribution is -0.0501. The van der Waals surface area contributed by atoms with Crippen molar-refractivity contribution < 1.29 is 18.3 Å². The first-order valence-corrected chi connectivity index (χ1v) is 5.57. The first-order chi connectivity index (χ1) is 8.43. The Labute approximate surface area is 120 Å². The van der Waals surface area contributed by atoms with Crippen LogP contribution in [0.25, 0.3) is 0 Å². The Hall–Kier alpha value is -1.11. The van der Waals surface area contributed by atoms with Crippen LogP contribution in [0.1, 0.15) is 17.3 Å². The number of nitrogens with two attached hydrogens (primary N) is 1. The van der Waals surface area contributed by atoms with Crippen LogP contribution in [-0.4, -0.2) is 25.1 Å². The van der Waals surface area contributed by atoms with Gasteiger partial charge in [-0.3, -0.25) is 4.79 Å². The molecule has 0 aromatic heterocycles. The van der Waals surface area contributed by atoms with Crippen molar-refractivity contribution in [1.29, 1.82) is 0 Å². The maximum Gasteiger partial charge on any atom is 0.387 e. The SMILES string of the molecule is C[C@@H](CN)NC(=O)c1cc(Cl)ccc1OC(F)F.Cl. The summed E-state index contributed by atoms with van der Waals surface area (Å²) < 4.78 is 28.6. The van der Waals surface area contributed by atoms with Gasteiger partial charge in [0.15, 0.2) is 0 Å². The molecule has 108 valence electrons. The first kappa shape index (κ1) is 17.9. The highest BCUT2D eigenvalue weighted by Gasteiger charge is 2.17. The monoisotopic (exact) mass is 314 g/mol. The molecule has 3 N–H and O–H groups in total. The summed E-state index contributed by atoms with van der Waals surface area (Å²) in [5.41, 5.74) is 5.30. The molecule has 1 rings (SSSR count). The van der Waals surface area contributed by atoms with E-state index in [0.29, 0.717) is 0 Å². The molecule has 0 aliphatic heterocycles. The highest BCUT2D eigenvalue weighted by atomic mass is 35.5. The summed E-state index contributed by atoms with van der Waals surface area (Å²) in [6, 6.07) is 3.56. The Morgan fingerprint density at radius 1 is 1.53 bits per heavy atom. The number of halogens is 4. The average molecular weight is 315 g/mol. The highest BCUT2D eigenvalue weighted by Crippen LogP contribution is 2.24. The molecule has 4 nitrogen and oxygen atoms in total. The summed E-state index contributed by atoms with van der Waals surface area (Å²) in [6.45, 7) is -1.09. The van der Waals surface area contributed by atoms with Gasteiger partial charge in [0.2, 0.25) is 0 Å². The van der Waals surface area contributed by atoms with Crippen LogP contribution in [0.5, 0.6) is 5.75 Å². The average Bonchev–Trinajstić information content (AvgIpc) is 2.30. The van der Waals surface area contributed by atoms with Gasteiger partial charge in [0.05, 0.1) is 5.56 Å². The van der Waals surface area contributed by atoms with Gasteiger partial charge in [-0.25, -0.2) is 0 Å². The van der Waals surface area contributed by atoms with Gasteiger partial charge in [-0.05, 0) is 25.1 Å². The van der Waals surface area contributed by atoms with Crippen LogP contribution in [-0.2, 0) is 0 Å². The normalized spacial score (nSPS) is 11.7. The van der Waals surface area contributed by atoms with E-state index < -0.39 is 12.5 Å². The largest absolute Gasteiger partial charge is 0.434 e. The maximum absolute atomic E-state index is 12.2. The molecule has 0 heterocycles. The molecule has 0 aliphatic carbocycles. The highest BCUT2D eigenvalue weighted by molar-refractivity contribution is 6.31. The third-order valence-electron chi connectivity index (χ3n) is 2.13. The molecule has 0 saturated carbocycles. The predicted octanol–water partition coefficient (Wildman–Crippen LogP) is 2.44. The van der Waals surface area contributed by atoms with E-state index >= 15 is 0 Å². The molecule has 0 unspecified atom stereocenters. The number of nitrogens with one attached hydrogen (secondary N) is 1. The molecule has 0 bridgehead atoms. The molecular weight excluding hydrogens is 301 g/mol. The van der Waals surface area contributed by atoms with Crippen LogP contribution in [0.4, 0.5) is 8.78 Å². The number of amides is 1. The molecule has 1 aromatic carbocycles. The lowest BCUT2D eigenvalue weighted by Gasteiger charge is -2.14.